The summed E-state index contributed by atoms with van der Waals surface area (Å²) in [4.78, 5) is 16.8. The summed E-state index contributed by atoms with van der Waals surface area (Å²) < 4.78 is 11.4. The molecule has 29 heavy (non-hydrogen) atoms. The highest BCUT2D eigenvalue weighted by molar-refractivity contribution is 7.13. The largest absolute Gasteiger partial charge is 0.449 e. The molecular weight excluding hydrogens is 386 g/mol. The number of carbonyl (C=O) groups is 1. The molecule has 1 aromatic heterocycles. The lowest BCUT2D eigenvalue weighted by molar-refractivity contribution is -0.0431. The quantitative estimate of drug-likeness (QED) is 0.623. The second-order valence-electron chi connectivity index (χ2n) is 7.41. The van der Waals surface area contributed by atoms with Crippen LogP contribution in [0.5, 0.6) is 11.5 Å². The summed E-state index contributed by atoms with van der Waals surface area (Å²) in [6.45, 7) is 6.25. The zero-order valence-corrected chi connectivity index (χ0v) is 17.4. The van der Waals surface area contributed by atoms with Crippen LogP contribution in [0.3, 0.4) is 0 Å². The number of thiazole rings is 1. The first kappa shape index (κ1) is 19.3. The van der Waals surface area contributed by atoms with Gasteiger partial charge >= 0.3 is 6.03 Å². The summed E-state index contributed by atoms with van der Waals surface area (Å²) in [5.41, 5.74) is 3.96. The van der Waals surface area contributed by atoms with Crippen molar-refractivity contribution in [2.75, 3.05) is 11.9 Å². The van der Waals surface area contributed by atoms with Gasteiger partial charge in [-0.3, -0.25) is 0 Å². The summed E-state index contributed by atoms with van der Waals surface area (Å²) >= 11 is 1.62. The van der Waals surface area contributed by atoms with Gasteiger partial charge in [-0.05, 0) is 19.1 Å². The molecule has 0 unspecified atom stereocenters. The van der Waals surface area contributed by atoms with Gasteiger partial charge in [-0.2, -0.15) is 0 Å². The number of ether oxygens (including phenoxy) is 2. The van der Waals surface area contributed by atoms with Crippen molar-refractivity contribution in [1.29, 1.82) is 0 Å². The number of anilines is 1. The molecule has 6 nitrogen and oxygen atoms in total. The van der Waals surface area contributed by atoms with E-state index in [4.69, 9.17) is 9.47 Å². The predicted octanol–water partition coefficient (Wildman–Crippen LogP) is 4.99. The zero-order chi connectivity index (χ0) is 20.4. The van der Waals surface area contributed by atoms with Gasteiger partial charge in [-0.25, -0.2) is 9.78 Å². The normalized spacial score (nSPS) is 13.9. The van der Waals surface area contributed by atoms with Crippen LogP contribution < -0.4 is 20.1 Å². The van der Waals surface area contributed by atoms with Crippen molar-refractivity contribution < 1.29 is 14.3 Å². The highest BCUT2D eigenvalue weighted by atomic mass is 32.1. The minimum Gasteiger partial charge on any atom is -0.449 e. The van der Waals surface area contributed by atoms with Gasteiger partial charge in [0.2, 0.25) is 5.79 Å². The molecule has 0 saturated carbocycles. The molecule has 1 aliphatic heterocycles. The third-order valence-corrected chi connectivity index (χ3v) is 5.37. The fourth-order valence-corrected chi connectivity index (χ4v) is 3.89. The average Bonchev–Trinajstić information content (AvgIpc) is 3.24. The summed E-state index contributed by atoms with van der Waals surface area (Å²) in [6, 6.07) is 13.4. The van der Waals surface area contributed by atoms with Crippen LogP contribution in [-0.4, -0.2) is 23.3 Å². The number of aryl methyl sites for hydroxylation is 1. The van der Waals surface area contributed by atoms with Crippen LogP contribution in [0, 0.1) is 6.92 Å². The lowest BCUT2D eigenvalue weighted by Gasteiger charge is -2.16. The molecule has 1 aliphatic rings. The van der Waals surface area contributed by atoms with Crippen molar-refractivity contribution in [2.45, 2.75) is 33.0 Å². The topological polar surface area (TPSA) is 72.5 Å². The molecule has 0 fully saturated rings. The van der Waals surface area contributed by atoms with E-state index in [1.54, 1.807) is 29.5 Å². The molecule has 7 heteroatoms. The Bertz CT molecular complexity index is 1030. The third-order valence-electron chi connectivity index (χ3n) is 4.43. The lowest BCUT2D eigenvalue weighted by atomic mass is 10.2. The number of rotatable bonds is 5. The Kier molecular flexibility index (Phi) is 5.15. The summed E-state index contributed by atoms with van der Waals surface area (Å²) in [7, 11) is 0. The predicted molar refractivity (Wildman–Crippen MR) is 115 cm³/mol. The maximum Gasteiger partial charge on any atom is 0.319 e. The van der Waals surface area contributed by atoms with Gasteiger partial charge in [0.25, 0.3) is 0 Å². The van der Waals surface area contributed by atoms with E-state index in [-0.39, 0.29) is 6.03 Å². The van der Waals surface area contributed by atoms with Crippen molar-refractivity contribution in [1.82, 2.24) is 10.3 Å². The number of nitrogens with one attached hydrogen (secondary N) is 2. The van der Waals surface area contributed by atoms with E-state index >= 15 is 0 Å². The Morgan fingerprint density at radius 3 is 2.66 bits per heavy atom. The number of fused-ring (bicyclic) bond motifs is 1. The second kappa shape index (κ2) is 7.75. The van der Waals surface area contributed by atoms with Gasteiger partial charge in [0.15, 0.2) is 11.5 Å². The molecule has 3 aromatic rings. The van der Waals surface area contributed by atoms with Crippen molar-refractivity contribution >= 4 is 23.1 Å². The van der Waals surface area contributed by atoms with Gasteiger partial charge in [-0.1, -0.05) is 29.8 Å². The van der Waals surface area contributed by atoms with Crippen molar-refractivity contribution in [2.24, 2.45) is 0 Å². The van der Waals surface area contributed by atoms with Crippen LogP contribution in [0.4, 0.5) is 10.5 Å². The molecule has 0 aliphatic carbocycles. The fourth-order valence-electron chi connectivity index (χ4n) is 3.03. The number of hydrogen-bond acceptors (Lipinski definition) is 5. The maximum atomic E-state index is 12.2. The average molecular weight is 410 g/mol. The molecule has 0 saturated heterocycles. The minimum absolute atomic E-state index is 0.267. The number of benzene rings is 2. The first-order valence-electron chi connectivity index (χ1n) is 9.46. The zero-order valence-electron chi connectivity index (χ0n) is 16.6. The Morgan fingerprint density at radius 1 is 1.10 bits per heavy atom. The van der Waals surface area contributed by atoms with Crippen LogP contribution in [0.25, 0.3) is 10.6 Å². The Hall–Kier alpha value is -3.06. The fraction of sp³-hybridized carbons (Fsp3) is 0.273. The van der Waals surface area contributed by atoms with E-state index in [1.165, 1.54) is 5.56 Å². The molecule has 0 spiro atoms. The molecule has 4 rings (SSSR count). The van der Waals surface area contributed by atoms with Crippen LogP contribution >= 0.6 is 11.3 Å². The Balaban J connectivity index is 1.27. The standard InChI is InChI=1S/C22H23N3O3S/c1-14-4-6-15(7-5-14)20-24-17(13-29-20)10-11-23-21(26)25-16-8-9-18-19(12-16)28-22(2,3)27-18/h4-9,12-13H,10-11H2,1-3H3,(H2,23,25,26). The number of nitrogens with zero attached hydrogens (tertiary/aromatic N) is 1. The van der Waals surface area contributed by atoms with Gasteiger partial charge in [0, 0.05) is 49.5 Å². The van der Waals surface area contributed by atoms with E-state index in [2.05, 4.69) is 46.8 Å². The molecule has 150 valence electrons. The molecule has 2 aromatic carbocycles. The van der Waals surface area contributed by atoms with E-state index in [9.17, 15) is 4.79 Å². The van der Waals surface area contributed by atoms with E-state index in [1.807, 2.05) is 19.2 Å². The van der Waals surface area contributed by atoms with Gasteiger partial charge in [0.05, 0.1) is 5.69 Å². The van der Waals surface area contributed by atoms with Crippen LogP contribution in [0.2, 0.25) is 0 Å². The van der Waals surface area contributed by atoms with Crippen LogP contribution in [0.15, 0.2) is 47.8 Å². The van der Waals surface area contributed by atoms with Gasteiger partial charge in [-0.15, -0.1) is 11.3 Å². The number of carbonyl (C=O) groups excluding carboxylic acids is 1. The first-order valence-corrected chi connectivity index (χ1v) is 10.3. The van der Waals surface area contributed by atoms with Crippen LogP contribution in [0.1, 0.15) is 25.1 Å². The van der Waals surface area contributed by atoms with Gasteiger partial charge in [0.1, 0.15) is 5.01 Å². The number of aromatic nitrogens is 1. The Labute approximate surface area is 173 Å². The van der Waals surface area contributed by atoms with Crippen molar-refractivity contribution in [3.05, 3.63) is 59.1 Å². The molecular formula is C22H23N3O3S. The molecule has 0 atom stereocenters. The number of amides is 2. The molecule has 0 radical (unpaired) electrons. The van der Waals surface area contributed by atoms with Crippen molar-refractivity contribution in [3.8, 4) is 22.1 Å². The number of urea groups is 1. The molecule has 2 amide bonds. The highest BCUT2D eigenvalue weighted by Gasteiger charge is 2.31. The lowest BCUT2D eigenvalue weighted by Crippen LogP contribution is -2.30. The smallest absolute Gasteiger partial charge is 0.319 e. The molecule has 2 heterocycles. The van der Waals surface area contributed by atoms with E-state index in [0.29, 0.717) is 30.2 Å². The molecule has 0 bridgehead atoms. The number of hydrogen-bond donors (Lipinski definition) is 2. The summed E-state index contributed by atoms with van der Waals surface area (Å²) in [5, 5.41) is 8.71. The first-order chi connectivity index (χ1) is 13.9. The van der Waals surface area contributed by atoms with Crippen molar-refractivity contribution in [3.63, 3.8) is 0 Å². The maximum absolute atomic E-state index is 12.2. The Morgan fingerprint density at radius 2 is 1.86 bits per heavy atom. The van der Waals surface area contributed by atoms with E-state index < -0.39 is 5.79 Å². The second-order valence-corrected chi connectivity index (χ2v) is 8.26. The molecule has 2 N–H and O–H groups in total. The highest BCUT2D eigenvalue weighted by Crippen LogP contribution is 2.40. The minimum atomic E-state index is -0.686. The summed E-state index contributed by atoms with van der Waals surface area (Å²) in [5.74, 6) is 0.613. The third kappa shape index (κ3) is 4.68. The SMILES string of the molecule is Cc1ccc(-c2nc(CCNC(=O)Nc3ccc4c(c3)OC(C)(C)O4)cs2)cc1. The van der Waals surface area contributed by atoms with Crippen LogP contribution in [-0.2, 0) is 6.42 Å². The summed E-state index contributed by atoms with van der Waals surface area (Å²) in [6.07, 6.45) is 0.672. The monoisotopic (exact) mass is 409 g/mol. The van der Waals surface area contributed by atoms with E-state index in [0.717, 1.165) is 16.3 Å². The van der Waals surface area contributed by atoms with Gasteiger partial charge < -0.3 is 20.1 Å².